The number of nitrogens with one attached hydrogen (secondary N) is 2. The van der Waals surface area contributed by atoms with E-state index in [1.165, 1.54) is 6.92 Å². The molecule has 1 amide bonds. The summed E-state index contributed by atoms with van der Waals surface area (Å²) in [6, 6.07) is -0.905. The fourth-order valence-corrected chi connectivity index (χ4v) is 2.23. The lowest BCUT2D eigenvalue weighted by molar-refractivity contribution is -0.123. The van der Waals surface area contributed by atoms with Gasteiger partial charge >= 0.3 is 0 Å². The van der Waals surface area contributed by atoms with Gasteiger partial charge in [-0.05, 0) is 19.3 Å². The molecular formula is C10H24ClN3O3S. The van der Waals surface area contributed by atoms with Gasteiger partial charge in [-0.3, -0.25) is 4.79 Å². The topological polar surface area (TPSA) is 101 Å². The lowest BCUT2D eigenvalue weighted by atomic mass is 10.0. The Morgan fingerprint density at radius 3 is 2.11 bits per heavy atom. The molecule has 0 bridgehead atoms. The molecule has 0 aromatic carbocycles. The van der Waals surface area contributed by atoms with Crippen LogP contribution in [0.3, 0.4) is 0 Å². The predicted octanol–water partition coefficient (Wildman–Crippen LogP) is -0.164. The van der Waals surface area contributed by atoms with Crippen molar-refractivity contribution in [3.05, 3.63) is 0 Å². The molecular weight excluding hydrogens is 278 g/mol. The minimum absolute atomic E-state index is 0. The number of halogens is 1. The molecule has 6 nitrogen and oxygen atoms in total. The molecule has 2 unspecified atom stereocenters. The molecule has 0 aliphatic rings. The number of rotatable bonds is 7. The van der Waals surface area contributed by atoms with Crippen molar-refractivity contribution in [3.63, 3.8) is 0 Å². The highest BCUT2D eigenvalue weighted by molar-refractivity contribution is 7.88. The van der Waals surface area contributed by atoms with Crippen LogP contribution >= 0.6 is 12.4 Å². The van der Waals surface area contributed by atoms with Crippen LogP contribution in [0.4, 0.5) is 0 Å². The Labute approximate surface area is 116 Å². The average Bonchev–Trinajstić information content (AvgIpc) is 2.13. The van der Waals surface area contributed by atoms with E-state index in [1.54, 1.807) is 0 Å². The van der Waals surface area contributed by atoms with Gasteiger partial charge in [0.2, 0.25) is 15.9 Å². The van der Waals surface area contributed by atoms with Crippen LogP contribution in [0.1, 0.15) is 27.2 Å². The third-order valence-corrected chi connectivity index (χ3v) is 2.95. The number of hydrogen-bond acceptors (Lipinski definition) is 4. The third-order valence-electron chi connectivity index (χ3n) is 2.17. The van der Waals surface area contributed by atoms with Gasteiger partial charge in [0.05, 0.1) is 12.3 Å². The van der Waals surface area contributed by atoms with Gasteiger partial charge in [-0.1, -0.05) is 13.8 Å². The van der Waals surface area contributed by atoms with E-state index in [4.69, 9.17) is 5.73 Å². The Balaban J connectivity index is 0. The smallest absolute Gasteiger partial charge is 0.238 e. The Morgan fingerprint density at radius 2 is 1.78 bits per heavy atom. The van der Waals surface area contributed by atoms with Gasteiger partial charge in [-0.2, -0.15) is 0 Å². The molecule has 2 atom stereocenters. The van der Waals surface area contributed by atoms with Crippen LogP contribution in [0.5, 0.6) is 0 Å². The molecule has 110 valence electrons. The van der Waals surface area contributed by atoms with Crippen LogP contribution in [0.25, 0.3) is 0 Å². The van der Waals surface area contributed by atoms with Crippen molar-refractivity contribution >= 4 is 28.3 Å². The van der Waals surface area contributed by atoms with Crippen LogP contribution in [-0.2, 0) is 14.8 Å². The van der Waals surface area contributed by atoms with Gasteiger partial charge in [0, 0.05) is 12.6 Å². The first kappa shape index (κ1) is 20.0. The first-order valence-corrected chi connectivity index (χ1v) is 7.52. The van der Waals surface area contributed by atoms with Crippen molar-refractivity contribution in [3.8, 4) is 0 Å². The molecule has 0 aliphatic carbocycles. The normalized spacial score (nSPS) is 14.8. The van der Waals surface area contributed by atoms with Gasteiger partial charge in [0.1, 0.15) is 0 Å². The monoisotopic (exact) mass is 301 g/mol. The second-order valence-corrected chi connectivity index (χ2v) is 6.46. The van der Waals surface area contributed by atoms with Crippen LogP contribution in [0.2, 0.25) is 0 Å². The molecule has 0 heterocycles. The summed E-state index contributed by atoms with van der Waals surface area (Å²) in [5, 5.41) is 2.73. The quantitative estimate of drug-likeness (QED) is 0.608. The van der Waals surface area contributed by atoms with Crippen molar-refractivity contribution in [2.45, 2.75) is 39.3 Å². The summed E-state index contributed by atoms with van der Waals surface area (Å²) in [5.74, 6) is 0.0635. The van der Waals surface area contributed by atoms with Crippen molar-refractivity contribution in [2.75, 3.05) is 12.8 Å². The Kier molecular flexibility index (Phi) is 9.63. The third kappa shape index (κ3) is 9.64. The standard InChI is InChI=1S/C10H23N3O3S.ClH/c1-7(2)5-9(6-11)12-10(14)8(3)13-17(4,15)16;/h7-9,13H,5-6,11H2,1-4H3,(H,12,14);1H. The molecule has 0 saturated heterocycles. The first-order chi connectivity index (χ1) is 7.65. The second-order valence-electron chi connectivity index (χ2n) is 4.68. The lowest BCUT2D eigenvalue weighted by Gasteiger charge is -2.21. The molecule has 0 saturated carbocycles. The van der Waals surface area contributed by atoms with E-state index in [-0.39, 0.29) is 24.4 Å². The maximum absolute atomic E-state index is 11.7. The summed E-state index contributed by atoms with van der Waals surface area (Å²) >= 11 is 0. The molecule has 18 heavy (non-hydrogen) atoms. The number of nitrogens with two attached hydrogens (primary N) is 1. The minimum Gasteiger partial charge on any atom is -0.351 e. The zero-order chi connectivity index (χ0) is 13.6. The van der Waals surface area contributed by atoms with Crippen LogP contribution < -0.4 is 15.8 Å². The van der Waals surface area contributed by atoms with Gasteiger partial charge < -0.3 is 11.1 Å². The summed E-state index contributed by atoms with van der Waals surface area (Å²) in [5.41, 5.74) is 5.54. The maximum Gasteiger partial charge on any atom is 0.238 e. The van der Waals surface area contributed by atoms with Crippen molar-refractivity contribution in [2.24, 2.45) is 11.7 Å². The highest BCUT2D eigenvalue weighted by Gasteiger charge is 2.20. The summed E-state index contributed by atoms with van der Waals surface area (Å²) in [6.45, 7) is 5.91. The summed E-state index contributed by atoms with van der Waals surface area (Å²) in [4.78, 5) is 11.7. The minimum atomic E-state index is -3.38. The molecule has 0 fully saturated rings. The Hall–Kier alpha value is -0.370. The van der Waals surface area contributed by atoms with E-state index in [1.807, 2.05) is 13.8 Å². The van der Waals surface area contributed by atoms with Crippen molar-refractivity contribution in [1.82, 2.24) is 10.0 Å². The number of hydrogen-bond donors (Lipinski definition) is 3. The lowest BCUT2D eigenvalue weighted by Crippen LogP contribution is -2.50. The number of carbonyl (C=O) groups excluding carboxylic acids is 1. The van der Waals surface area contributed by atoms with E-state index in [2.05, 4.69) is 10.0 Å². The fraction of sp³-hybridized carbons (Fsp3) is 0.900. The van der Waals surface area contributed by atoms with Crippen molar-refractivity contribution < 1.29 is 13.2 Å². The number of carbonyl (C=O) groups is 1. The average molecular weight is 302 g/mol. The van der Waals surface area contributed by atoms with E-state index in [0.29, 0.717) is 12.5 Å². The Bertz CT molecular complexity index is 346. The Morgan fingerprint density at radius 1 is 1.28 bits per heavy atom. The second kappa shape index (κ2) is 8.68. The summed E-state index contributed by atoms with van der Waals surface area (Å²) < 4.78 is 24.1. The first-order valence-electron chi connectivity index (χ1n) is 5.63. The van der Waals surface area contributed by atoms with Gasteiger partial charge in [-0.15, -0.1) is 12.4 Å². The van der Waals surface area contributed by atoms with Gasteiger partial charge in [0.25, 0.3) is 0 Å². The predicted molar refractivity (Wildman–Crippen MR) is 75.1 cm³/mol. The van der Waals surface area contributed by atoms with Crippen molar-refractivity contribution in [1.29, 1.82) is 0 Å². The molecule has 4 N–H and O–H groups in total. The molecule has 0 aliphatic heterocycles. The van der Waals surface area contributed by atoms with Crippen LogP contribution in [0, 0.1) is 5.92 Å². The molecule has 0 radical (unpaired) electrons. The van der Waals surface area contributed by atoms with Crippen LogP contribution in [-0.4, -0.2) is 39.2 Å². The largest absolute Gasteiger partial charge is 0.351 e. The zero-order valence-corrected chi connectivity index (χ0v) is 12.9. The van der Waals surface area contributed by atoms with E-state index >= 15 is 0 Å². The van der Waals surface area contributed by atoms with E-state index in [0.717, 1.165) is 12.7 Å². The highest BCUT2D eigenvalue weighted by atomic mass is 35.5. The van der Waals surface area contributed by atoms with E-state index in [9.17, 15) is 13.2 Å². The van der Waals surface area contributed by atoms with Gasteiger partial charge in [-0.25, -0.2) is 13.1 Å². The van der Waals surface area contributed by atoms with Gasteiger partial charge in [0.15, 0.2) is 0 Å². The summed E-state index contributed by atoms with van der Waals surface area (Å²) in [6.07, 6.45) is 1.79. The highest BCUT2D eigenvalue weighted by Crippen LogP contribution is 2.03. The van der Waals surface area contributed by atoms with E-state index < -0.39 is 16.1 Å². The number of sulfonamides is 1. The molecule has 0 rings (SSSR count). The fourth-order valence-electron chi connectivity index (χ4n) is 1.48. The molecule has 8 heteroatoms. The maximum atomic E-state index is 11.7. The van der Waals surface area contributed by atoms with Crippen LogP contribution in [0.15, 0.2) is 0 Å². The molecule has 0 aromatic heterocycles. The zero-order valence-electron chi connectivity index (χ0n) is 11.3. The number of amides is 1. The molecule has 0 spiro atoms. The summed E-state index contributed by atoms with van der Waals surface area (Å²) in [7, 11) is -3.38. The SMILES string of the molecule is CC(C)CC(CN)NC(=O)C(C)NS(C)(=O)=O.Cl. The molecule has 0 aromatic rings.